The number of benzene rings is 1. The molecule has 0 fully saturated rings. The highest BCUT2D eigenvalue weighted by Gasteiger charge is 2.36. The molecule has 190 valence electrons. The van der Waals surface area contributed by atoms with E-state index in [1.807, 2.05) is 58.9 Å². The van der Waals surface area contributed by atoms with Gasteiger partial charge < -0.3 is 26.2 Å². The monoisotopic (exact) mass is 493 g/mol. The van der Waals surface area contributed by atoms with Gasteiger partial charge in [-0.1, -0.05) is 39.8 Å². The lowest BCUT2D eigenvalue weighted by Crippen LogP contribution is -2.47. The van der Waals surface area contributed by atoms with Crippen molar-refractivity contribution in [3.8, 4) is 0 Å². The molecule has 2 rings (SSSR count). The van der Waals surface area contributed by atoms with E-state index in [0.29, 0.717) is 13.0 Å². The molecule has 3 unspecified atom stereocenters. The lowest BCUT2D eigenvalue weighted by molar-refractivity contribution is -0.144. The van der Waals surface area contributed by atoms with E-state index in [9.17, 15) is 24.6 Å². The molecule has 0 saturated carbocycles. The number of carboxylic acid groups (broad SMARTS) is 1. The number of nitrogens with one attached hydrogen (secondary N) is 1. The fourth-order valence-electron chi connectivity index (χ4n) is 4.34. The number of thioether (sulfide) groups is 1. The predicted octanol–water partition coefficient (Wildman–Crippen LogP) is 2.87. The number of aliphatic carboxylic acids is 1. The van der Waals surface area contributed by atoms with Crippen LogP contribution >= 0.6 is 11.8 Å². The molecule has 5 N–H and O–H groups in total. The number of fused-ring (bicyclic) bond motifs is 1. The van der Waals surface area contributed by atoms with Crippen molar-refractivity contribution in [1.82, 2.24) is 5.32 Å². The molecular formula is C25H39N3O5S. The number of aliphatic hydroxyl groups excluding tert-OH is 1. The van der Waals surface area contributed by atoms with Crippen molar-refractivity contribution < 1.29 is 24.6 Å². The molecule has 1 aromatic carbocycles. The normalized spacial score (nSPS) is 18.7. The van der Waals surface area contributed by atoms with Crippen LogP contribution in [0.4, 0.5) is 5.69 Å². The summed E-state index contributed by atoms with van der Waals surface area (Å²) < 4.78 is 0. The molecule has 0 aromatic heterocycles. The van der Waals surface area contributed by atoms with Crippen molar-refractivity contribution in [2.24, 2.45) is 23.0 Å². The highest BCUT2D eigenvalue weighted by Crippen LogP contribution is 2.40. The second kappa shape index (κ2) is 12.0. The van der Waals surface area contributed by atoms with Gasteiger partial charge in [-0.25, -0.2) is 0 Å². The quantitative estimate of drug-likeness (QED) is 0.372. The second-order valence-electron chi connectivity index (χ2n) is 10.2. The molecule has 2 amide bonds. The Labute approximate surface area is 206 Å². The summed E-state index contributed by atoms with van der Waals surface area (Å²) in [5.74, 6) is -1.95. The van der Waals surface area contributed by atoms with Gasteiger partial charge in [-0.3, -0.25) is 14.4 Å². The Hall–Kier alpha value is -2.10. The Balaban J connectivity index is 2.10. The van der Waals surface area contributed by atoms with Crippen LogP contribution in [0.3, 0.4) is 0 Å². The first-order chi connectivity index (χ1) is 15.9. The van der Waals surface area contributed by atoms with Crippen molar-refractivity contribution in [1.29, 1.82) is 0 Å². The number of rotatable bonds is 11. The minimum absolute atomic E-state index is 0.0726. The highest BCUT2D eigenvalue weighted by molar-refractivity contribution is 8.00. The van der Waals surface area contributed by atoms with Crippen LogP contribution in [-0.2, 0) is 14.4 Å². The maximum Gasteiger partial charge on any atom is 0.306 e. The Kier molecular flexibility index (Phi) is 9.96. The third kappa shape index (κ3) is 7.45. The summed E-state index contributed by atoms with van der Waals surface area (Å²) in [7, 11) is 0. The zero-order valence-electron chi connectivity index (χ0n) is 20.8. The van der Waals surface area contributed by atoms with Gasteiger partial charge in [0.05, 0.1) is 17.7 Å². The van der Waals surface area contributed by atoms with Crippen molar-refractivity contribution in [2.45, 2.75) is 76.2 Å². The van der Waals surface area contributed by atoms with E-state index in [2.05, 4.69) is 5.32 Å². The fourth-order valence-corrected chi connectivity index (χ4v) is 5.52. The molecule has 0 bridgehead atoms. The van der Waals surface area contributed by atoms with Gasteiger partial charge >= 0.3 is 5.97 Å². The van der Waals surface area contributed by atoms with Gasteiger partial charge in [-0.15, -0.1) is 11.8 Å². The molecular weight excluding hydrogens is 454 g/mol. The van der Waals surface area contributed by atoms with Crippen LogP contribution in [-0.4, -0.2) is 58.5 Å². The Bertz CT molecular complexity index is 876. The molecule has 0 radical (unpaired) electrons. The first-order valence-electron chi connectivity index (χ1n) is 11.9. The first-order valence-corrected chi connectivity index (χ1v) is 12.7. The summed E-state index contributed by atoms with van der Waals surface area (Å²) in [6.07, 6.45) is -0.370. The van der Waals surface area contributed by atoms with E-state index in [4.69, 9.17) is 5.73 Å². The average molecular weight is 494 g/mol. The summed E-state index contributed by atoms with van der Waals surface area (Å²) in [6, 6.07) is 6.90. The van der Waals surface area contributed by atoms with E-state index < -0.39 is 34.7 Å². The largest absolute Gasteiger partial charge is 0.481 e. The fraction of sp³-hybridized carbons (Fsp3) is 0.640. The molecule has 0 spiro atoms. The zero-order valence-corrected chi connectivity index (χ0v) is 21.6. The van der Waals surface area contributed by atoms with Gasteiger partial charge in [0.1, 0.15) is 5.25 Å². The second-order valence-corrected chi connectivity index (χ2v) is 11.4. The number of carbonyl (C=O) groups excluding carboxylic acids is 2. The summed E-state index contributed by atoms with van der Waals surface area (Å²) >= 11 is 1.46. The summed E-state index contributed by atoms with van der Waals surface area (Å²) in [5, 5.41) is 22.4. The number of nitrogens with zero attached hydrogens (tertiary/aromatic N) is 1. The molecule has 8 nitrogen and oxygen atoms in total. The maximum absolute atomic E-state index is 13.4. The summed E-state index contributed by atoms with van der Waals surface area (Å²) in [6.45, 7) is 10.1. The molecule has 1 aliphatic rings. The number of carboxylic acids is 1. The van der Waals surface area contributed by atoms with E-state index in [-0.39, 0.29) is 37.1 Å². The molecule has 34 heavy (non-hydrogen) atoms. The third-order valence-corrected chi connectivity index (χ3v) is 7.49. The summed E-state index contributed by atoms with van der Waals surface area (Å²) in [4.78, 5) is 40.0. The molecule has 4 atom stereocenters. The average Bonchev–Trinajstić information content (AvgIpc) is 2.75. The van der Waals surface area contributed by atoms with Crippen molar-refractivity contribution >= 4 is 35.2 Å². The van der Waals surface area contributed by atoms with Crippen LogP contribution in [0.5, 0.6) is 0 Å². The molecule has 1 aliphatic heterocycles. The van der Waals surface area contributed by atoms with Crippen LogP contribution in [0, 0.1) is 17.3 Å². The van der Waals surface area contributed by atoms with Gasteiger partial charge in [0.2, 0.25) is 11.8 Å². The minimum atomic E-state index is -0.980. The molecule has 0 saturated heterocycles. The van der Waals surface area contributed by atoms with E-state index in [0.717, 1.165) is 10.6 Å². The SMILES string of the molecule is CCNC(=O)[C@@H]1CN(C(=O)CC(C)(C)CC(N)C(O)CC(C(=O)O)C(C)C)c2ccccc2S1. The molecule has 1 heterocycles. The van der Waals surface area contributed by atoms with Crippen LogP contribution in [0.25, 0.3) is 0 Å². The van der Waals surface area contributed by atoms with Gasteiger partial charge in [0, 0.05) is 30.4 Å². The summed E-state index contributed by atoms with van der Waals surface area (Å²) in [5.41, 5.74) is 6.51. The molecule has 0 aliphatic carbocycles. The molecule has 1 aromatic rings. The number of amides is 2. The third-order valence-electron chi connectivity index (χ3n) is 6.25. The topological polar surface area (TPSA) is 133 Å². The van der Waals surface area contributed by atoms with Gasteiger partial charge in [-0.05, 0) is 43.2 Å². The predicted molar refractivity (Wildman–Crippen MR) is 135 cm³/mol. The number of carbonyl (C=O) groups is 3. The lowest BCUT2D eigenvalue weighted by Gasteiger charge is -2.36. The molecule has 9 heteroatoms. The Morgan fingerprint density at radius 1 is 1.26 bits per heavy atom. The number of hydrogen-bond acceptors (Lipinski definition) is 6. The van der Waals surface area contributed by atoms with E-state index in [1.54, 1.807) is 4.90 Å². The van der Waals surface area contributed by atoms with Crippen LogP contribution < -0.4 is 16.0 Å². The van der Waals surface area contributed by atoms with E-state index in [1.165, 1.54) is 11.8 Å². The lowest BCUT2D eigenvalue weighted by atomic mass is 9.79. The van der Waals surface area contributed by atoms with Gasteiger partial charge in [0.15, 0.2) is 0 Å². The highest BCUT2D eigenvalue weighted by atomic mass is 32.2. The van der Waals surface area contributed by atoms with Gasteiger partial charge in [-0.2, -0.15) is 0 Å². The number of aliphatic hydroxyl groups is 1. The number of nitrogens with two attached hydrogens (primary N) is 1. The maximum atomic E-state index is 13.4. The van der Waals surface area contributed by atoms with Crippen molar-refractivity contribution in [3.63, 3.8) is 0 Å². The number of hydrogen-bond donors (Lipinski definition) is 4. The van der Waals surface area contributed by atoms with Crippen LogP contribution in [0.15, 0.2) is 29.2 Å². The zero-order chi connectivity index (χ0) is 25.6. The van der Waals surface area contributed by atoms with Crippen LogP contribution in [0.1, 0.15) is 53.9 Å². The number of anilines is 1. The van der Waals surface area contributed by atoms with Crippen molar-refractivity contribution in [2.75, 3.05) is 18.0 Å². The standard InChI is InChI=1S/C25H39N3O5S/c1-6-27-23(31)21-14-28(18-9-7-8-10-20(18)34-21)22(30)13-25(4,5)12-17(26)19(29)11-16(15(2)3)24(32)33/h7-10,15-17,19,21,29H,6,11-14,26H2,1-5H3,(H,27,31)(H,32,33)/t16?,17?,19?,21-/m0/s1. The first kappa shape index (κ1) is 28.1. The Morgan fingerprint density at radius 3 is 2.50 bits per heavy atom. The van der Waals surface area contributed by atoms with E-state index >= 15 is 0 Å². The van der Waals surface area contributed by atoms with Gasteiger partial charge in [0.25, 0.3) is 0 Å². The van der Waals surface area contributed by atoms with Crippen LogP contribution in [0.2, 0.25) is 0 Å². The number of para-hydroxylation sites is 1. The smallest absolute Gasteiger partial charge is 0.306 e. The Morgan fingerprint density at radius 2 is 1.91 bits per heavy atom. The minimum Gasteiger partial charge on any atom is -0.481 e. The van der Waals surface area contributed by atoms with Crippen molar-refractivity contribution in [3.05, 3.63) is 24.3 Å².